The Balaban J connectivity index is 2.11. The van der Waals surface area contributed by atoms with E-state index in [0.717, 1.165) is 12.1 Å². The van der Waals surface area contributed by atoms with Gasteiger partial charge in [0.05, 0.1) is 24.4 Å². The second-order valence-corrected chi connectivity index (χ2v) is 4.93. The van der Waals surface area contributed by atoms with Gasteiger partial charge in [-0.1, -0.05) is 6.92 Å². The van der Waals surface area contributed by atoms with E-state index in [4.69, 9.17) is 16.3 Å². The summed E-state index contributed by atoms with van der Waals surface area (Å²) in [6.45, 7) is 3.17. The quantitative estimate of drug-likeness (QED) is 0.816. The number of aromatic nitrogens is 4. The first-order chi connectivity index (χ1) is 9.19. The van der Waals surface area contributed by atoms with E-state index in [1.807, 2.05) is 24.3 Å². The first kappa shape index (κ1) is 14.0. The molecule has 0 N–H and O–H groups in total. The normalized spacial score (nSPS) is 10.5. The molecule has 2 aromatic heterocycles. The maximum Gasteiger partial charge on any atom is 0.322 e. The molecular formula is C11H14ClN5OS. The van der Waals surface area contributed by atoms with Gasteiger partial charge in [-0.25, -0.2) is 4.98 Å². The fourth-order valence-electron chi connectivity index (χ4n) is 1.38. The van der Waals surface area contributed by atoms with Crippen molar-refractivity contribution in [3.8, 4) is 6.01 Å². The molecule has 2 aromatic rings. The molecule has 0 spiro atoms. The molecule has 0 aliphatic heterocycles. The second kappa shape index (κ2) is 6.63. The van der Waals surface area contributed by atoms with Crippen molar-refractivity contribution in [3.63, 3.8) is 0 Å². The summed E-state index contributed by atoms with van der Waals surface area (Å²) in [5, 5.41) is 2.11. The number of ether oxygens (including phenoxy) is 1. The van der Waals surface area contributed by atoms with Crippen molar-refractivity contribution in [2.75, 3.05) is 18.6 Å². The smallest absolute Gasteiger partial charge is 0.322 e. The van der Waals surface area contributed by atoms with Crippen LogP contribution >= 0.6 is 22.9 Å². The third kappa shape index (κ3) is 4.00. The molecule has 2 rings (SSSR count). The van der Waals surface area contributed by atoms with E-state index in [0.29, 0.717) is 19.1 Å². The SMILES string of the molecule is CCCOc1nc(Cl)nc(N(C)Cc2cscn2)n1. The number of rotatable bonds is 6. The molecule has 0 fully saturated rings. The van der Waals surface area contributed by atoms with Crippen LogP contribution in [0.5, 0.6) is 6.01 Å². The molecule has 6 nitrogen and oxygen atoms in total. The zero-order valence-electron chi connectivity index (χ0n) is 10.7. The Morgan fingerprint density at radius 3 is 2.89 bits per heavy atom. The minimum absolute atomic E-state index is 0.126. The van der Waals surface area contributed by atoms with Gasteiger partial charge >= 0.3 is 6.01 Å². The number of thiazole rings is 1. The van der Waals surface area contributed by atoms with Crippen molar-refractivity contribution in [2.45, 2.75) is 19.9 Å². The van der Waals surface area contributed by atoms with Crippen LogP contribution in [0.3, 0.4) is 0 Å². The fourth-order valence-corrected chi connectivity index (χ4v) is 2.08. The lowest BCUT2D eigenvalue weighted by Crippen LogP contribution is -2.20. The van der Waals surface area contributed by atoms with Crippen LogP contribution in [-0.2, 0) is 6.54 Å². The van der Waals surface area contributed by atoms with E-state index in [-0.39, 0.29) is 11.3 Å². The van der Waals surface area contributed by atoms with E-state index in [9.17, 15) is 0 Å². The first-order valence-corrected chi connectivity index (χ1v) is 7.13. The number of hydrogen-bond donors (Lipinski definition) is 0. The standard InChI is InChI=1S/C11H14ClN5OS/c1-3-4-18-11-15-9(12)14-10(16-11)17(2)5-8-6-19-7-13-8/h6-7H,3-5H2,1-2H3. The molecule has 2 heterocycles. The van der Waals surface area contributed by atoms with Crippen molar-refractivity contribution in [3.05, 3.63) is 21.9 Å². The molecular weight excluding hydrogens is 286 g/mol. The van der Waals surface area contributed by atoms with Crippen LogP contribution in [0.2, 0.25) is 5.28 Å². The van der Waals surface area contributed by atoms with Crippen LogP contribution in [0.15, 0.2) is 10.9 Å². The van der Waals surface area contributed by atoms with E-state index in [2.05, 4.69) is 19.9 Å². The Bertz CT molecular complexity index is 522. The Kier molecular flexibility index (Phi) is 4.86. The summed E-state index contributed by atoms with van der Waals surface area (Å²) in [7, 11) is 1.87. The van der Waals surface area contributed by atoms with Crippen molar-refractivity contribution < 1.29 is 4.74 Å². The van der Waals surface area contributed by atoms with Crippen molar-refractivity contribution in [1.82, 2.24) is 19.9 Å². The van der Waals surface area contributed by atoms with Gasteiger partial charge in [-0.3, -0.25) is 0 Å². The molecule has 0 aliphatic rings. The van der Waals surface area contributed by atoms with Gasteiger partial charge in [-0.2, -0.15) is 15.0 Å². The fraction of sp³-hybridized carbons (Fsp3) is 0.455. The van der Waals surface area contributed by atoms with Crippen LogP contribution in [0.25, 0.3) is 0 Å². The Morgan fingerprint density at radius 2 is 2.21 bits per heavy atom. The third-order valence-electron chi connectivity index (χ3n) is 2.24. The minimum Gasteiger partial charge on any atom is -0.463 e. The van der Waals surface area contributed by atoms with Gasteiger partial charge in [0, 0.05) is 12.4 Å². The van der Waals surface area contributed by atoms with E-state index < -0.39 is 0 Å². The summed E-state index contributed by atoms with van der Waals surface area (Å²) >= 11 is 7.42. The predicted octanol–water partition coefficient (Wildman–Crippen LogP) is 2.41. The Hall–Kier alpha value is -1.47. The van der Waals surface area contributed by atoms with Gasteiger partial charge in [0.1, 0.15) is 0 Å². The summed E-state index contributed by atoms with van der Waals surface area (Å²) < 4.78 is 5.38. The minimum atomic E-state index is 0.126. The molecule has 0 atom stereocenters. The summed E-state index contributed by atoms with van der Waals surface area (Å²) in [5.74, 6) is 0.471. The highest BCUT2D eigenvalue weighted by atomic mass is 35.5. The van der Waals surface area contributed by atoms with Crippen LogP contribution in [0.1, 0.15) is 19.0 Å². The number of halogens is 1. The summed E-state index contributed by atoms with van der Waals surface area (Å²) in [5.41, 5.74) is 2.75. The maximum absolute atomic E-state index is 5.87. The topological polar surface area (TPSA) is 64.0 Å². The Labute approximate surface area is 120 Å². The molecule has 0 saturated carbocycles. The maximum atomic E-state index is 5.87. The average molecular weight is 300 g/mol. The molecule has 0 saturated heterocycles. The zero-order valence-corrected chi connectivity index (χ0v) is 12.3. The Morgan fingerprint density at radius 1 is 1.37 bits per heavy atom. The predicted molar refractivity (Wildman–Crippen MR) is 74.8 cm³/mol. The molecule has 8 heteroatoms. The zero-order chi connectivity index (χ0) is 13.7. The highest BCUT2D eigenvalue weighted by Gasteiger charge is 2.11. The molecule has 0 aromatic carbocycles. The van der Waals surface area contributed by atoms with Gasteiger partial charge in [-0.05, 0) is 18.0 Å². The van der Waals surface area contributed by atoms with E-state index in [1.165, 1.54) is 0 Å². The van der Waals surface area contributed by atoms with Crippen LogP contribution in [0, 0.1) is 0 Å². The average Bonchev–Trinajstić information content (AvgIpc) is 2.88. The third-order valence-corrected chi connectivity index (χ3v) is 3.04. The van der Waals surface area contributed by atoms with Gasteiger partial charge in [0.2, 0.25) is 11.2 Å². The lowest BCUT2D eigenvalue weighted by atomic mass is 10.4. The number of anilines is 1. The summed E-state index contributed by atoms with van der Waals surface area (Å²) in [4.78, 5) is 18.3. The molecule has 0 unspecified atom stereocenters. The van der Waals surface area contributed by atoms with Crippen molar-refractivity contribution >= 4 is 28.9 Å². The van der Waals surface area contributed by atoms with E-state index in [1.54, 1.807) is 16.8 Å². The first-order valence-electron chi connectivity index (χ1n) is 5.81. The van der Waals surface area contributed by atoms with Crippen molar-refractivity contribution in [1.29, 1.82) is 0 Å². The van der Waals surface area contributed by atoms with Crippen LogP contribution in [0.4, 0.5) is 5.95 Å². The van der Waals surface area contributed by atoms with Crippen molar-refractivity contribution in [2.24, 2.45) is 0 Å². The molecule has 0 amide bonds. The van der Waals surface area contributed by atoms with E-state index >= 15 is 0 Å². The highest BCUT2D eigenvalue weighted by Crippen LogP contribution is 2.16. The van der Waals surface area contributed by atoms with Gasteiger partial charge in [0.25, 0.3) is 0 Å². The van der Waals surface area contributed by atoms with Gasteiger partial charge < -0.3 is 9.64 Å². The van der Waals surface area contributed by atoms with Gasteiger partial charge in [-0.15, -0.1) is 11.3 Å². The molecule has 0 radical (unpaired) electrons. The second-order valence-electron chi connectivity index (χ2n) is 3.87. The summed E-state index contributed by atoms with van der Waals surface area (Å²) in [6.07, 6.45) is 0.882. The highest BCUT2D eigenvalue weighted by molar-refractivity contribution is 7.07. The molecule has 19 heavy (non-hydrogen) atoms. The van der Waals surface area contributed by atoms with Crippen LogP contribution in [-0.4, -0.2) is 33.6 Å². The largest absolute Gasteiger partial charge is 0.463 e. The number of hydrogen-bond acceptors (Lipinski definition) is 7. The molecule has 102 valence electrons. The monoisotopic (exact) mass is 299 g/mol. The lowest BCUT2D eigenvalue weighted by Gasteiger charge is -2.16. The lowest BCUT2D eigenvalue weighted by molar-refractivity contribution is 0.291. The number of nitrogens with zero attached hydrogens (tertiary/aromatic N) is 5. The molecule has 0 aliphatic carbocycles. The summed E-state index contributed by atoms with van der Waals surface area (Å²) in [6, 6.07) is 0.252. The van der Waals surface area contributed by atoms with Crippen LogP contribution < -0.4 is 9.64 Å². The van der Waals surface area contributed by atoms with Gasteiger partial charge in [0.15, 0.2) is 0 Å². The molecule has 0 bridgehead atoms.